The molecule has 0 amide bonds. The van der Waals surface area contributed by atoms with Gasteiger partial charge in [0.1, 0.15) is 0 Å². The molecule has 0 spiro atoms. The Hall–Kier alpha value is -1.13. The molecule has 0 saturated carbocycles. The van der Waals surface area contributed by atoms with Gasteiger partial charge in [0.2, 0.25) is 0 Å². The summed E-state index contributed by atoms with van der Waals surface area (Å²) in [5, 5.41) is 5.65. The molecule has 2 aromatic heterocycles. The van der Waals surface area contributed by atoms with Crippen molar-refractivity contribution in [1.82, 2.24) is 14.9 Å². The van der Waals surface area contributed by atoms with Crippen molar-refractivity contribution in [3.63, 3.8) is 0 Å². The van der Waals surface area contributed by atoms with Crippen LogP contribution >= 0.6 is 11.3 Å². The Morgan fingerprint density at radius 1 is 1.56 bits per heavy atom. The molecule has 0 saturated heterocycles. The van der Waals surface area contributed by atoms with Crippen molar-refractivity contribution in [3.05, 3.63) is 41.1 Å². The van der Waals surface area contributed by atoms with E-state index in [1.54, 1.807) is 0 Å². The monoisotopic (exact) mass is 235 g/mol. The fraction of sp³-hybridized carbons (Fsp3) is 0.417. The van der Waals surface area contributed by atoms with Crippen LogP contribution in [0.3, 0.4) is 0 Å². The van der Waals surface area contributed by atoms with Crippen LogP contribution < -0.4 is 5.32 Å². The number of nitrogens with zero attached hydrogens (tertiary/aromatic N) is 2. The van der Waals surface area contributed by atoms with Crippen molar-refractivity contribution in [1.29, 1.82) is 0 Å². The lowest BCUT2D eigenvalue weighted by atomic mass is 10.3. The van der Waals surface area contributed by atoms with E-state index in [1.807, 2.05) is 30.1 Å². The lowest BCUT2D eigenvalue weighted by Crippen LogP contribution is -2.31. The Labute approximate surface area is 100 Å². The molecule has 0 radical (unpaired) electrons. The van der Waals surface area contributed by atoms with Crippen LogP contribution in [0.15, 0.2) is 36.2 Å². The zero-order valence-electron chi connectivity index (χ0n) is 9.47. The van der Waals surface area contributed by atoms with E-state index in [4.69, 9.17) is 0 Å². The number of thiophene rings is 1. The summed E-state index contributed by atoms with van der Waals surface area (Å²) in [6.07, 6.45) is 6.79. The average Bonchev–Trinajstić information content (AvgIpc) is 2.90. The van der Waals surface area contributed by atoms with Gasteiger partial charge >= 0.3 is 0 Å². The van der Waals surface area contributed by atoms with Crippen molar-refractivity contribution >= 4 is 11.3 Å². The topological polar surface area (TPSA) is 29.9 Å². The SMILES string of the molecule is CC(Cn1ccnc1)NCCc1cccs1. The van der Waals surface area contributed by atoms with Gasteiger partial charge in [-0.15, -0.1) is 11.3 Å². The number of nitrogens with one attached hydrogen (secondary N) is 1. The van der Waals surface area contributed by atoms with Crippen LogP contribution in [-0.4, -0.2) is 22.1 Å². The van der Waals surface area contributed by atoms with Gasteiger partial charge in [0.05, 0.1) is 6.33 Å². The fourth-order valence-electron chi connectivity index (χ4n) is 1.67. The molecular weight excluding hydrogens is 218 g/mol. The van der Waals surface area contributed by atoms with Crippen LogP contribution in [-0.2, 0) is 13.0 Å². The second-order valence-corrected chi connectivity index (χ2v) is 4.98. The minimum atomic E-state index is 0.481. The molecule has 2 aromatic rings. The van der Waals surface area contributed by atoms with Crippen molar-refractivity contribution in [2.24, 2.45) is 0 Å². The van der Waals surface area contributed by atoms with E-state index in [-0.39, 0.29) is 0 Å². The molecule has 1 atom stereocenters. The van der Waals surface area contributed by atoms with Crippen LogP contribution in [0, 0.1) is 0 Å². The fourth-order valence-corrected chi connectivity index (χ4v) is 2.38. The van der Waals surface area contributed by atoms with Crippen LogP contribution in [0.1, 0.15) is 11.8 Å². The lowest BCUT2D eigenvalue weighted by molar-refractivity contribution is 0.480. The maximum atomic E-state index is 4.03. The second kappa shape index (κ2) is 5.82. The molecule has 0 aliphatic carbocycles. The highest BCUT2D eigenvalue weighted by Crippen LogP contribution is 2.08. The number of rotatable bonds is 6. The van der Waals surface area contributed by atoms with E-state index >= 15 is 0 Å². The molecule has 86 valence electrons. The summed E-state index contributed by atoms with van der Waals surface area (Å²) >= 11 is 1.82. The Morgan fingerprint density at radius 3 is 3.19 bits per heavy atom. The lowest BCUT2D eigenvalue weighted by Gasteiger charge is -2.13. The summed E-state index contributed by atoms with van der Waals surface area (Å²) in [4.78, 5) is 5.48. The first-order chi connectivity index (χ1) is 7.84. The largest absolute Gasteiger partial charge is 0.336 e. The zero-order valence-corrected chi connectivity index (χ0v) is 10.3. The zero-order chi connectivity index (χ0) is 11.2. The second-order valence-electron chi connectivity index (χ2n) is 3.94. The van der Waals surface area contributed by atoms with Crippen molar-refractivity contribution in [3.8, 4) is 0 Å². The van der Waals surface area contributed by atoms with E-state index in [0.717, 1.165) is 19.5 Å². The van der Waals surface area contributed by atoms with Gasteiger partial charge in [0, 0.05) is 36.4 Å². The number of hydrogen-bond acceptors (Lipinski definition) is 3. The van der Waals surface area contributed by atoms with Crippen LogP contribution in [0.5, 0.6) is 0 Å². The molecule has 0 aromatic carbocycles. The third-order valence-corrected chi connectivity index (χ3v) is 3.42. The maximum absolute atomic E-state index is 4.03. The molecule has 3 nitrogen and oxygen atoms in total. The van der Waals surface area contributed by atoms with Gasteiger partial charge in [-0.25, -0.2) is 4.98 Å². The molecule has 0 bridgehead atoms. The van der Waals surface area contributed by atoms with Crippen LogP contribution in [0.2, 0.25) is 0 Å². The molecule has 16 heavy (non-hydrogen) atoms. The minimum Gasteiger partial charge on any atom is -0.336 e. The quantitative estimate of drug-likeness (QED) is 0.831. The highest BCUT2D eigenvalue weighted by Gasteiger charge is 2.01. The van der Waals surface area contributed by atoms with E-state index in [9.17, 15) is 0 Å². The Bertz CT molecular complexity index is 380. The predicted molar refractivity (Wildman–Crippen MR) is 67.7 cm³/mol. The Balaban J connectivity index is 1.66. The summed E-state index contributed by atoms with van der Waals surface area (Å²) in [6, 6.07) is 4.77. The first-order valence-electron chi connectivity index (χ1n) is 5.56. The maximum Gasteiger partial charge on any atom is 0.0946 e. The average molecular weight is 235 g/mol. The van der Waals surface area contributed by atoms with Gasteiger partial charge < -0.3 is 9.88 Å². The van der Waals surface area contributed by atoms with Crippen LogP contribution in [0.4, 0.5) is 0 Å². The molecule has 1 unspecified atom stereocenters. The third-order valence-electron chi connectivity index (χ3n) is 2.49. The van der Waals surface area contributed by atoms with E-state index in [2.05, 4.69) is 39.3 Å². The third kappa shape index (κ3) is 3.47. The van der Waals surface area contributed by atoms with Gasteiger partial charge in [0.15, 0.2) is 0 Å². The smallest absolute Gasteiger partial charge is 0.0946 e. The van der Waals surface area contributed by atoms with Crippen molar-refractivity contribution < 1.29 is 0 Å². The highest BCUT2D eigenvalue weighted by atomic mass is 32.1. The van der Waals surface area contributed by atoms with Crippen molar-refractivity contribution in [2.75, 3.05) is 6.54 Å². The van der Waals surface area contributed by atoms with Gasteiger partial charge in [-0.3, -0.25) is 0 Å². The first kappa shape index (κ1) is 11.4. The standard InChI is InChI=1S/C12H17N3S/c1-11(9-15-7-6-13-10-15)14-5-4-12-3-2-8-16-12/h2-3,6-8,10-11,14H,4-5,9H2,1H3. The summed E-state index contributed by atoms with van der Waals surface area (Å²) in [7, 11) is 0. The van der Waals surface area contributed by atoms with Gasteiger partial charge in [-0.1, -0.05) is 6.07 Å². The van der Waals surface area contributed by atoms with E-state index in [0.29, 0.717) is 6.04 Å². The highest BCUT2D eigenvalue weighted by molar-refractivity contribution is 7.09. The number of imidazole rings is 1. The van der Waals surface area contributed by atoms with Gasteiger partial charge in [-0.2, -0.15) is 0 Å². The molecule has 4 heteroatoms. The van der Waals surface area contributed by atoms with Gasteiger partial charge in [0.25, 0.3) is 0 Å². The summed E-state index contributed by atoms with van der Waals surface area (Å²) < 4.78 is 2.10. The first-order valence-corrected chi connectivity index (χ1v) is 6.44. The van der Waals surface area contributed by atoms with E-state index < -0.39 is 0 Å². The Kier molecular flexibility index (Phi) is 4.13. The molecule has 2 rings (SSSR count). The minimum absolute atomic E-state index is 0.481. The molecule has 0 fully saturated rings. The normalized spacial score (nSPS) is 12.8. The predicted octanol–water partition coefficient (Wildman–Crippen LogP) is 2.17. The summed E-state index contributed by atoms with van der Waals surface area (Å²) in [5.74, 6) is 0. The number of aromatic nitrogens is 2. The van der Waals surface area contributed by atoms with Gasteiger partial charge in [-0.05, 0) is 24.8 Å². The molecule has 0 aliphatic rings. The van der Waals surface area contributed by atoms with Crippen molar-refractivity contribution in [2.45, 2.75) is 25.9 Å². The van der Waals surface area contributed by atoms with E-state index in [1.165, 1.54) is 4.88 Å². The molecule has 0 aliphatic heterocycles. The summed E-state index contributed by atoms with van der Waals surface area (Å²) in [5.41, 5.74) is 0. The number of hydrogen-bond donors (Lipinski definition) is 1. The van der Waals surface area contributed by atoms with Crippen LogP contribution in [0.25, 0.3) is 0 Å². The molecule has 1 N–H and O–H groups in total. The molecular formula is C12H17N3S. The molecule has 2 heterocycles. The summed E-state index contributed by atoms with van der Waals surface area (Å²) in [6.45, 7) is 4.22. The Morgan fingerprint density at radius 2 is 2.50 bits per heavy atom.